The first-order chi connectivity index (χ1) is 12.2. The molecule has 0 bridgehead atoms. The third-order valence-corrected chi connectivity index (χ3v) is 4.56. The smallest absolute Gasteiger partial charge is 0.152 e. The highest BCUT2D eigenvalue weighted by atomic mass is 35.5. The summed E-state index contributed by atoms with van der Waals surface area (Å²) in [6, 6.07) is 15.6. The minimum atomic E-state index is -0.161. The van der Waals surface area contributed by atoms with Crippen LogP contribution < -0.4 is 5.32 Å². The average Bonchev–Trinajstić information content (AvgIpc) is 2.64. The second kappa shape index (κ2) is 7.96. The molecule has 5 heteroatoms. The van der Waals surface area contributed by atoms with Crippen molar-refractivity contribution < 1.29 is 0 Å². The van der Waals surface area contributed by atoms with Crippen molar-refractivity contribution in [3.63, 3.8) is 0 Å². The van der Waals surface area contributed by atoms with Crippen molar-refractivity contribution in [2.75, 3.05) is 0 Å². The van der Waals surface area contributed by atoms with E-state index in [1.807, 2.05) is 49.4 Å². The van der Waals surface area contributed by atoms with Gasteiger partial charge in [0.25, 0.3) is 0 Å². The zero-order valence-electron chi connectivity index (χ0n) is 14.0. The van der Waals surface area contributed by atoms with Crippen LogP contribution in [0.2, 0.25) is 5.02 Å². The third-order valence-electron chi connectivity index (χ3n) is 4.22. The standard InChI is InChI=1S/C20H19ClN4/c1-14-15(8-4-6-12-22)19(16-9-2-3-10-17(16)21)25-20(24-14)18-11-5-7-13-23-18/h2-3,5,7,9-11,13,19H,4,6,8H2,1H3,(H,24,25). The van der Waals surface area contributed by atoms with Crippen LogP contribution in [0.5, 0.6) is 0 Å². The number of nitrogens with zero attached hydrogens (tertiary/aromatic N) is 3. The van der Waals surface area contributed by atoms with E-state index >= 15 is 0 Å². The van der Waals surface area contributed by atoms with E-state index in [1.165, 1.54) is 5.57 Å². The van der Waals surface area contributed by atoms with Crippen LogP contribution in [0.4, 0.5) is 0 Å². The van der Waals surface area contributed by atoms with E-state index in [9.17, 15) is 0 Å². The van der Waals surface area contributed by atoms with Crippen LogP contribution in [0, 0.1) is 11.3 Å². The van der Waals surface area contributed by atoms with Crippen molar-refractivity contribution in [2.45, 2.75) is 32.2 Å². The highest BCUT2D eigenvalue weighted by Crippen LogP contribution is 2.37. The molecular formula is C20H19ClN4. The maximum Gasteiger partial charge on any atom is 0.152 e. The summed E-state index contributed by atoms with van der Waals surface area (Å²) in [5.41, 5.74) is 4.00. The largest absolute Gasteiger partial charge is 0.343 e. The number of allylic oxidation sites excluding steroid dienone is 1. The van der Waals surface area contributed by atoms with Crippen LogP contribution in [0.25, 0.3) is 0 Å². The second-order valence-electron chi connectivity index (χ2n) is 5.90. The molecule has 1 aliphatic rings. The first kappa shape index (κ1) is 17.2. The Kier molecular flexibility index (Phi) is 5.47. The molecule has 1 aromatic heterocycles. The van der Waals surface area contributed by atoms with Crippen molar-refractivity contribution in [2.24, 2.45) is 4.99 Å². The minimum Gasteiger partial charge on any atom is -0.343 e. The van der Waals surface area contributed by atoms with Gasteiger partial charge in [0.15, 0.2) is 5.84 Å². The molecule has 0 saturated carbocycles. The number of aromatic nitrogens is 1. The number of rotatable bonds is 5. The summed E-state index contributed by atoms with van der Waals surface area (Å²) in [7, 11) is 0. The van der Waals surface area contributed by atoms with E-state index in [4.69, 9.17) is 21.9 Å². The molecule has 2 aromatic rings. The molecule has 1 aliphatic heterocycles. The monoisotopic (exact) mass is 350 g/mol. The van der Waals surface area contributed by atoms with Gasteiger partial charge in [-0.05, 0) is 49.1 Å². The Hall–Kier alpha value is -2.64. The summed E-state index contributed by atoms with van der Waals surface area (Å²) in [4.78, 5) is 9.31. The molecule has 25 heavy (non-hydrogen) atoms. The van der Waals surface area contributed by atoms with Gasteiger partial charge in [-0.25, -0.2) is 0 Å². The van der Waals surface area contributed by atoms with Crippen LogP contribution in [-0.4, -0.2) is 10.8 Å². The zero-order valence-corrected chi connectivity index (χ0v) is 14.8. The number of nitriles is 1. The molecule has 3 rings (SSSR count). The molecule has 4 nitrogen and oxygen atoms in total. The first-order valence-corrected chi connectivity index (χ1v) is 8.65. The molecule has 1 atom stereocenters. The van der Waals surface area contributed by atoms with E-state index in [-0.39, 0.29) is 6.04 Å². The molecule has 0 spiro atoms. The third kappa shape index (κ3) is 3.89. The van der Waals surface area contributed by atoms with Gasteiger partial charge in [-0.15, -0.1) is 0 Å². The Balaban J connectivity index is 2.01. The number of hydrogen-bond donors (Lipinski definition) is 1. The van der Waals surface area contributed by atoms with E-state index in [2.05, 4.69) is 16.4 Å². The number of unbranched alkanes of at least 4 members (excludes halogenated alkanes) is 1. The fourth-order valence-corrected chi connectivity index (χ4v) is 3.21. The van der Waals surface area contributed by atoms with Gasteiger partial charge < -0.3 is 5.32 Å². The van der Waals surface area contributed by atoms with Gasteiger partial charge in [0.2, 0.25) is 0 Å². The fraction of sp³-hybridized carbons (Fsp3) is 0.250. The van der Waals surface area contributed by atoms with E-state index in [0.29, 0.717) is 11.4 Å². The minimum absolute atomic E-state index is 0.161. The Morgan fingerprint density at radius 2 is 2.00 bits per heavy atom. The lowest BCUT2D eigenvalue weighted by Crippen LogP contribution is -2.30. The van der Waals surface area contributed by atoms with Crippen LogP contribution >= 0.6 is 11.6 Å². The topological polar surface area (TPSA) is 61.1 Å². The summed E-state index contributed by atoms with van der Waals surface area (Å²) in [6.45, 7) is 2.04. The number of halogens is 1. The Labute approximate surface area is 152 Å². The Morgan fingerprint density at radius 3 is 2.72 bits per heavy atom. The number of hydrogen-bond acceptors (Lipinski definition) is 4. The summed E-state index contributed by atoms with van der Waals surface area (Å²) in [5.74, 6) is 0.743. The summed E-state index contributed by atoms with van der Waals surface area (Å²) in [6.07, 6.45) is 3.90. The van der Waals surface area contributed by atoms with Crippen molar-refractivity contribution in [3.05, 3.63) is 76.2 Å². The summed E-state index contributed by atoms with van der Waals surface area (Å²) < 4.78 is 0. The lowest BCUT2D eigenvalue weighted by atomic mass is 9.92. The predicted molar refractivity (Wildman–Crippen MR) is 100 cm³/mol. The highest BCUT2D eigenvalue weighted by Gasteiger charge is 2.26. The van der Waals surface area contributed by atoms with Crippen molar-refractivity contribution >= 4 is 17.4 Å². The van der Waals surface area contributed by atoms with Gasteiger partial charge in [0.1, 0.15) is 11.7 Å². The molecule has 0 fully saturated rings. The maximum atomic E-state index is 8.84. The number of amidine groups is 1. The second-order valence-corrected chi connectivity index (χ2v) is 6.31. The highest BCUT2D eigenvalue weighted by molar-refractivity contribution is 6.31. The lowest BCUT2D eigenvalue weighted by Gasteiger charge is -2.27. The van der Waals surface area contributed by atoms with E-state index < -0.39 is 0 Å². The normalized spacial score (nSPS) is 16.8. The quantitative estimate of drug-likeness (QED) is 0.788. The average molecular weight is 351 g/mol. The molecular weight excluding hydrogens is 332 g/mol. The van der Waals surface area contributed by atoms with Crippen molar-refractivity contribution in [1.82, 2.24) is 10.3 Å². The molecule has 0 saturated heterocycles. The van der Waals surface area contributed by atoms with Crippen LogP contribution in [0.3, 0.4) is 0 Å². The summed E-state index contributed by atoms with van der Waals surface area (Å²) >= 11 is 6.45. The number of aliphatic imine (C=N–C) groups is 1. The van der Waals surface area contributed by atoms with Gasteiger partial charge in [-0.3, -0.25) is 9.98 Å². The molecule has 1 N–H and O–H groups in total. The van der Waals surface area contributed by atoms with Crippen LogP contribution in [0.15, 0.2) is 64.9 Å². The maximum absolute atomic E-state index is 8.84. The SMILES string of the molecule is CC1=C(CCCC#N)C(c2ccccc2Cl)N=C(c2ccccn2)N1. The number of benzene rings is 1. The Morgan fingerprint density at radius 1 is 1.20 bits per heavy atom. The molecule has 2 heterocycles. The first-order valence-electron chi connectivity index (χ1n) is 8.28. The summed E-state index contributed by atoms with van der Waals surface area (Å²) in [5, 5.41) is 12.9. The predicted octanol–water partition coefficient (Wildman–Crippen LogP) is 4.79. The van der Waals surface area contributed by atoms with Crippen molar-refractivity contribution in [1.29, 1.82) is 5.26 Å². The van der Waals surface area contributed by atoms with E-state index in [1.54, 1.807) is 6.20 Å². The number of nitrogens with one attached hydrogen (secondary N) is 1. The number of pyridine rings is 1. The van der Waals surface area contributed by atoms with Gasteiger partial charge in [-0.1, -0.05) is 35.9 Å². The van der Waals surface area contributed by atoms with Crippen LogP contribution in [0.1, 0.15) is 43.5 Å². The van der Waals surface area contributed by atoms with Gasteiger partial charge in [-0.2, -0.15) is 5.26 Å². The fourth-order valence-electron chi connectivity index (χ4n) is 2.97. The van der Waals surface area contributed by atoms with Gasteiger partial charge in [0.05, 0.1) is 6.07 Å². The van der Waals surface area contributed by atoms with Crippen LogP contribution in [-0.2, 0) is 0 Å². The lowest BCUT2D eigenvalue weighted by molar-refractivity contribution is 0.697. The molecule has 126 valence electrons. The molecule has 1 aromatic carbocycles. The van der Waals surface area contributed by atoms with Gasteiger partial charge >= 0.3 is 0 Å². The molecule has 0 radical (unpaired) electrons. The molecule has 0 aliphatic carbocycles. The Bertz CT molecular complexity index is 849. The molecule has 1 unspecified atom stereocenters. The van der Waals surface area contributed by atoms with Crippen molar-refractivity contribution in [3.8, 4) is 6.07 Å². The zero-order chi connectivity index (χ0) is 17.6. The van der Waals surface area contributed by atoms with E-state index in [0.717, 1.165) is 35.6 Å². The molecule has 0 amide bonds. The van der Waals surface area contributed by atoms with Gasteiger partial charge in [0, 0.05) is 23.3 Å².